The third-order valence-corrected chi connectivity index (χ3v) is 3.94. The van der Waals surface area contributed by atoms with Crippen LogP contribution in [0, 0.1) is 11.8 Å². The van der Waals surface area contributed by atoms with Gasteiger partial charge in [-0.05, 0) is 38.0 Å². The molecule has 0 heterocycles. The first kappa shape index (κ1) is 9.51. The van der Waals surface area contributed by atoms with Gasteiger partial charge in [-0.3, -0.25) is 0 Å². The topological polar surface area (TPSA) is 12.0 Å². The van der Waals surface area contributed by atoms with Crippen molar-refractivity contribution in [3.63, 3.8) is 0 Å². The molecule has 1 nitrogen and oxygen atoms in total. The van der Waals surface area contributed by atoms with Crippen LogP contribution in [-0.4, -0.2) is 12.1 Å². The number of hydrogen-bond donors (Lipinski definition) is 1. The molecule has 0 aromatic rings. The van der Waals surface area contributed by atoms with Crippen LogP contribution < -0.4 is 5.32 Å². The van der Waals surface area contributed by atoms with E-state index in [1.165, 1.54) is 38.5 Å². The molecule has 0 saturated heterocycles. The van der Waals surface area contributed by atoms with Crippen LogP contribution in [0.5, 0.6) is 0 Å². The highest BCUT2D eigenvalue weighted by molar-refractivity contribution is 4.92. The Morgan fingerprint density at radius 3 is 2.31 bits per heavy atom. The lowest BCUT2D eigenvalue weighted by Gasteiger charge is -2.28. The van der Waals surface area contributed by atoms with Crippen molar-refractivity contribution in [1.82, 2.24) is 5.32 Å². The van der Waals surface area contributed by atoms with Crippen LogP contribution in [0.3, 0.4) is 0 Å². The summed E-state index contributed by atoms with van der Waals surface area (Å²) < 4.78 is 0. The van der Waals surface area contributed by atoms with E-state index in [1.807, 2.05) is 0 Å². The monoisotopic (exact) mass is 181 g/mol. The molecule has 13 heavy (non-hydrogen) atoms. The zero-order valence-corrected chi connectivity index (χ0v) is 9.05. The number of hydrogen-bond acceptors (Lipinski definition) is 1. The van der Waals surface area contributed by atoms with E-state index in [0.29, 0.717) is 0 Å². The Morgan fingerprint density at radius 2 is 1.77 bits per heavy atom. The van der Waals surface area contributed by atoms with Crippen molar-refractivity contribution in [2.75, 3.05) is 0 Å². The molecule has 2 saturated carbocycles. The molecule has 0 bridgehead atoms. The van der Waals surface area contributed by atoms with Crippen LogP contribution in [0.1, 0.15) is 52.4 Å². The summed E-state index contributed by atoms with van der Waals surface area (Å²) in [6.45, 7) is 4.74. The molecule has 0 aromatic carbocycles. The van der Waals surface area contributed by atoms with Gasteiger partial charge in [-0.25, -0.2) is 0 Å². The minimum Gasteiger partial charge on any atom is -0.311 e. The van der Waals surface area contributed by atoms with Gasteiger partial charge >= 0.3 is 0 Å². The predicted molar refractivity (Wildman–Crippen MR) is 56.7 cm³/mol. The van der Waals surface area contributed by atoms with Gasteiger partial charge < -0.3 is 5.32 Å². The van der Waals surface area contributed by atoms with Crippen LogP contribution in [0.15, 0.2) is 0 Å². The second-order valence-corrected chi connectivity index (χ2v) is 5.17. The van der Waals surface area contributed by atoms with Crippen LogP contribution >= 0.6 is 0 Å². The van der Waals surface area contributed by atoms with Gasteiger partial charge in [0, 0.05) is 12.1 Å². The van der Waals surface area contributed by atoms with Gasteiger partial charge in [0.1, 0.15) is 0 Å². The van der Waals surface area contributed by atoms with Gasteiger partial charge in [-0.2, -0.15) is 0 Å². The third kappa shape index (κ3) is 2.46. The van der Waals surface area contributed by atoms with Gasteiger partial charge in [0.2, 0.25) is 0 Å². The van der Waals surface area contributed by atoms with Crippen LogP contribution in [0.2, 0.25) is 0 Å². The highest BCUT2D eigenvalue weighted by atomic mass is 15.0. The number of nitrogens with one attached hydrogen (secondary N) is 1. The Morgan fingerprint density at radius 1 is 1.15 bits per heavy atom. The zero-order chi connectivity index (χ0) is 9.26. The SMILES string of the molecule is CC1CC1NC(C)C1CCCCC1. The first-order chi connectivity index (χ1) is 6.27. The molecule has 0 aromatic heterocycles. The maximum absolute atomic E-state index is 3.77. The Bertz CT molecular complexity index is 161. The molecule has 3 unspecified atom stereocenters. The van der Waals surface area contributed by atoms with E-state index >= 15 is 0 Å². The average Bonchev–Trinajstić information content (AvgIpc) is 2.83. The van der Waals surface area contributed by atoms with Crippen LogP contribution in [0.4, 0.5) is 0 Å². The lowest BCUT2D eigenvalue weighted by molar-refractivity contribution is 0.278. The Hall–Kier alpha value is -0.0400. The van der Waals surface area contributed by atoms with Crippen molar-refractivity contribution >= 4 is 0 Å². The minimum atomic E-state index is 0.773. The summed E-state index contributed by atoms with van der Waals surface area (Å²) in [5, 5.41) is 3.77. The molecule has 2 fully saturated rings. The largest absolute Gasteiger partial charge is 0.311 e. The van der Waals surface area contributed by atoms with Crippen molar-refractivity contribution in [2.45, 2.75) is 64.5 Å². The van der Waals surface area contributed by atoms with E-state index in [1.54, 1.807) is 0 Å². The summed E-state index contributed by atoms with van der Waals surface area (Å²) >= 11 is 0. The van der Waals surface area contributed by atoms with Gasteiger partial charge in [0.05, 0.1) is 0 Å². The maximum Gasteiger partial charge on any atom is 0.00989 e. The second kappa shape index (κ2) is 4.00. The Balaban J connectivity index is 1.72. The molecule has 0 amide bonds. The van der Waals surface area contributed by atoms with Crippen LogP contribution in [0.25, 0.3) is 0 Å². The van der Waals surface area contributed by atoms with Gasteiger partial charge in [-0.15, -0.1) is 0 Å². The van der Waals surface area contributed by atoms with Crippen molar-refractivity contribution in [2.24, 2.45) is 11.8 Å². The molecule has 0 spiro atoms. The lowest BCUT2D eigenvalue weighted by atomic mass is 9.84. The Labute approximate surface area is 82.3 Å². The molecule has 2 aliphatic rings. The molecule has 76 valence electrons. The van der Waals surface area contributed by atoms with Gasteiger partial charge in [0.15, 0.2) is 0 Å². The van der Waals surface area contributed by atoms with Crippen molar-refractivity contribution < 1.29 is 0 Å². The van der Waals surface area contributed by atoms with E-state index in [0.717, 1.165) is 23.9 Å². The maximum atomic E-state index is 3.77. The molecule has 1 heteroatoms. The minimum absolute atomic E-state index is 0.773. The third-order valence-electron chi connectivity index (χ3n) is 3.94. The quantitative estimate of drug-likeness (QED) is 0.706. The fraction of sp³-hybridized carbons (Fsp3) is 1.00. The predicted octanol–water partition coefficient (Wildman–Crippen LogP) is 2.95. The summed E-state index contributed by atoms with van der Waals surface area (Å²) in [7, 11) is 0. The molecule has 2 rings (SSSR count). The summed E-state index contributed by atoms with van der Waals surface area (Å²) in [5.41, 5.74) is 0. The van der Waals surface area contributed by atoms with Gasteiger partial charge in [0.25, 0.3) is 0 Å². The number of rotatable bonds is 3. The molecular formula is C12H23N. The van der Waals surface area contributed by atoms with Crippen molar-refractivity contribution in [3.05, 3.63) is 0 Å². The average molecular weight is 181 g/mol. The summed E-state index contributed by atoms with van der Waals surface area (Å²) in [4.78, 5) is 0. The molecule has 0 radical (unpaired) electrons. The smallest absolute Gasteiger partial charge is 0.00989 e. The summed E-state index contributed by atoms with van der Waals surface area (Å²) in [6, 6.07) is 1.63. The fourth-order valence-electron chi connectivity index (χ4n) is 2.66. The Kier molecular flexibility index (Phi) is 2.92. The van der Waals surface area contributed by atoms with E-state index in [4.69, 9.17) is 0 Å². The first-order valence-electron chi connectivity index (χ1n) is 6.03. The normalized spacial score (nSPS) is 37.4. The van der Waals surface area contributed by atoms with Crippen molar-refractivity contribution in [1.29, 1.82) is 0 Å². The lowest BCUT2D eigenvalue weighted by Crippen LogP contribution is -2.36. The fourth-order valence-corrected chi connectivity index (χ4v) is 2.66. The zero-order valence-electron chi connectivity index (χ0n) is 9.05. The molecule has 1 N–H and O–H groups in total. The van der Waals surface area contributed by atoms with Crippen LogP contribution in [-0.2, 0) is 0 Å². The molecule has 2 aliphatic carbocycles. The molecule has 0 aliphatic heterocycles. The first-order valence-corrected chi connectivity index (χ1v) is 6.03. The molecular weight excluding hydrogens is 158 g/mol. The van der Waals surface area contributed by atoms with E-state index in [-0.39, 0.29) is 0 Å². The highest BCUT2D eigenvalue weighted by Crippen LogP contribution is 2.32. The highest BCUT2D eigenvalue weighted by Gasteiger charge is 2.34. The standard InChI is InChI=1S/C12H23N/c1-9-8-12(9)13-10(2)11-6-4-3-5-7-11/h9-13H,3-8H2,1-2H3. The summed E-state index contributed by atoms with van der Waals surface area (Å²) in [6.07, 6.45) is 8.76. The van der Waals surface area contributed by atoms with E-state index in [9.17, 15) is 0 Å². The van der Waals surface area contributed by atoms with E-state index < -0.39 is 0 Å². The summed E-state index contributed by atoms with van der Waals surface area (Å²) in [5.74, 6) is 1.92. The van der Waals surface area contributed by atoms with Gasteiger partial charge in [-0.1, -0.05) is 26.2 Å². The van der Waals surface area contributed by atoms with Crippen molar-refractivity contribution in [3.8, 4) is 0 Å². The van der Waals surface area contributed by atoms with E-state index in [2.05, 4.69) is 19.2 Å². The second-order valence-electron chi connectivity index (χ2n) is 5.17. The molecule has 3 atom stereocenters.